The van der Waals surface area contributed by atoms with Gasteiger partial charge in [0.2, 0.25) is 11.8 Å². The molecule has 0 aliphatic carbocycles. The van der Waals surface area contributed by atoms with Gasteiger partial charge in [-0.3, -0.25) is 14.5 Å². The molecule has 29 heavy (non-hydrogen) atoms. The van der Waals surface area contributed by atoms with Crippen molar-refractivity contribution in [1.82, 2.24) is 15.1 Å². The molecule has 0 saturated carbocycles. The molecule has 1 aliphatic heterocycles. The van der Waals surface area contributed by atoms with Gasteiger partial charge in [0.25, 0.3) is 0 Å². The Kier molecular flexibility index (Phi) is 7.82. The van der Waals surface area contributed by atoms with Crippen molar-refractivity contribution in [2.75, 3.05) is 32.7 Å². The zero-order valence-electron chi connectivity index (χ0n) is 17.2. The molecule has 1 N–H and O–H groups in total. The summed E-state index contributed by atoms with van der Waals surface area (Å²) in [5.74, 6) is 0.298. The molecule has 1 unspecified atom stereocenters. The highest BCUT2D eigenvalue weighted by Gasteiger charge is 2.21. The predicted molar refractivity (Wildman–Crippen MR) is 115 cm³/mol. The second-order valence-corrected chi connectivity index (χ2v) is 7.76. The molecule has 2 aromatic rings. The summed E-state index contributed by atoms with van der Waals surface area (Å²) in [6, 6.07) is 20.5. The van der Waals surface area contributed by atoms with Crippen LogP contribution in [0.25, 0.3) is 0 Å². The van der Waals surface area contributed by atoms with Gasteiger partial charge in [-0.15, -0.1) is 0 Å². The van der Waals surface area contributed by atoms with Gasteiger partial charge in [-0.05, 0) is 17.0 Å². The van der Waals surface area contributed by atoms with Crippen molar-refractivity contribution in [2.45, 2.75) is 32.2 Å². The van der Waals surface area contributed by atoms with Crippen LogP contribution in [-0.4, -0.2) is 54.3 Å². The number of amides is 2. The average molecular weight is 394 g/mol. The third-order valence-corrected chi connectivity index (χ3v) is 5.50. The van der Waals surface area contributed by atoms with Crippen molar-refractivity contribution < 1.29 is 9.59 Å². The van der Waals surface area contributed by atoms with E-state index in [1.54, 1.807) is 0 Å². The fraction of sp³-hybridized carbons (Fsp3) is 0.417. The van der Waals surface area contributed by atoms with E-state index in [9.17, 15) is 9.59 Å². The van der Waals surface area contributed by atoms with Crippen molar-refractivity contribution >= 4 is 11.8 Å². The van der Waals surface area contributed by atoms with Crippen molar-refractivity contribution in [3.8, 4) is 0 Å². The Balaban J connectivity index is 1.32. The molecule has 1 fully saturated rings. The molecule has 3 rings (SSSR count). The topological polar surface area (TPSA) is 52.7 Å². The SMILES string of the molecule is CC(CC(=O)NCCC(=O)N1CCN(Cc2ccccc2)CC1)c1ccccc1. The number of nitrogens with one attached hydrogen (secondary N) is 1. The van der Waals surface area contributed by atoms with E-state index in [-0.39, 0.29) is 17.7 Å². The molecule has 5 nitrogen and oxygen atoms in total. The van der Waals surface area contributed by atoms with E-state index in [2.05, 4.69) is 41.4 Å². The fourth-order valence-electron chi connectivity index (χ4n) is 3.71. The molecule has 0 radical (unpaired) electrons. The van der Waals surface area contributed by atoms with Crippen LogP contribution in [0.4, 0.5) is 0 Å². The first-order chi connectivity index (χ1) is 14.1. The smallest absolute Gasteiger partial charge is 0.224 e. The van der Waals surface area contributed by atoms with E-state index in [0.717, 1.165) is 38.3 Å². The van der Waals surface area contributed by atoms with Gasteiger partial charge < -0.3 is 10.2 Å². The van der Waals surface area contributed by atoms with E-state index < -0.39 is 0 Å². The molecular weight excluding hydrogens is 362 g/mol. The minimum Gasteiger partial charge on any atom is -0.356 e. The van der Waals surface area contributed by atoms with Gasteiger partial charge in [0.05, 0.1) is 0 Å². The number of carbonyl (C=O) groups excluding carboxylic acids is 2. The van der Waals surface area contributed by atoms with Crippen molar-refractivity contribution in [3.63, 3.8) is 0 Å². The maximum Gasteiger partial charge on any atom is 0.224 e. The van der Waals surface area contributed by atoms with E-state index in [1.165, 1.54) is 5.56 Å². The number of carbonyl (C=O) groups is 2. The van der Waals surface area contributed by atoms with Crippen molar-refractivity contribution in [2.24, 2.45) is 0 Å². The number of rotatable bonds is 8. The maximum atomic E-state index is 12.4. The minimum absolute atomic E-state index is 0.00170. The molecule has 2 aromatic carbocycles. The zero-order chi connectivity index (χ0) is 20.5. The van der Waals surface area contributed by atoms with Crippen LogP contribution in [0.2, 0.25) is 0 Å². The Morgan fingerprint density at radius 2 is 1.55 bits per heavy atom. The zero-order valence-corrected chi connectivity index (χ0v) is 17.2. The van der Waals surface area contributed by atoms with Gasteiger partial charge in [0.1, 0.15) is 0 Å². The van der Waals surface area contributed by atoms with Gasteiger partial charge >= 0.3 is 0 Å². The van der Waals surface area contributed by atoms with E-state index in [0.29, 0.717) is 19.4 Å². The molecule has 0 spiro atoms. The van der Waals surface area contributed by atoms with Crippen molar-refractivity contribution in [1.29, 1.82) is 0 Å². The summed E-state index contributed by atoms with van der Waals surface area (Å²) in [5.41, 5.74) is 2.46. The molecule has 1 atom stereocenters. The Labute approximate surface area is 173 Å². The van der Waals surface area contributed by atoms with Crippen molar-refractivity contribution in [3.05, 3.63) is 71.8 Å². The molecule has 1 heterocycles. The molecular formula is C24H31N3O2. The Hall–Kier alpha value is -2.66. The number of piperazine rings is 1. The van der Waals surface area contributed by atoms with Gasteiger partial charge in [-0.1, -0.05) is 67.6 Å². The lowest BCUT2D eigenvalue weighted by Gasteiger charge is -2.34. The maximum absolute atomic E-state index is 12.4. The van der Waals surface area contributed by atoms with Crippen LogP contribution in [0.5, 0.6) is 0 Å². The highest BCUT2D eigenvalue weighted by Crippen LogP contribution is 2.18. The van der Waals surface area contributed by atoms with Gasteiger partial charge in [0.15, 0.2) is 0 Å². The van der Waals surface area contributed by atoms with Crippen LogP contribution in [-0.2, 0) is 16.1 Å². The largest absolute Gasteiger partial charge is 0.356 e. The van der Waals surface area contributed by atoms with Gasteiger partial charge in [-0.2, -0.15) is 0 Å². The highest BCUT2D eigenvalue weighted by molar-refractivity contribution is 5.79. The first-order valence-electron chi connectivity index (χ1n) is 10.5. The first-order valence-corrected chi connectivity index (χ1v) is 10.5. The van der Waals surface area contributed by atoms with E-state index in [1.807, 2.05) is 41.3 Å². The predicted octanol–water partition coefficient (Wildman–Crippen LogP) is 3.03. The third kappa shape index (κ3) is 6.71. The molecule has 0 bridgehead atoms. The summed E-state index contributed by atoms with van der Waals surface area (Å²) in [5, 5.41) is 2.90. The number of nitrogens with zero attached hydrogens (tertiary/aromatic N) is 2. The summed E-state index contributed by atoms with van der Waals surface area (Å²) in [6.07, 6.45) is 0.806. The summed E-state index contributed by atoms with van der Waals surface area (Å²) >= 11 is 0. The Bertz CT molecular complexity index is 771. The molecule has 154 valence electrons. The van der Waals surface area contributed by atoms with Crippen LogP contribution in [0.1, 0.15) is 36.8 Å². The van der Waals surface area contributed by atoms with Crippen LogP contribution in [0.15, 0.2) is 60.7 Å². The lowest BCUT2D eigenvalue weighted by Crippen LogP contribution is -2.48. The monoisotopic (exact) mass is 393 g/mol. The van der Waals surface area contributed by atoms with Crippen LogP contribution in [0.3, 0.4) is 0 Å². The van der Waals surface area contributed by atoms with Crippen LogP contribution >= 0.6 is 0 Å². The lowest BCUT2D eigenvalue weighted by molar-refractivity contribution is -0.133. The normalized spacial score (nSPS) is 15.7. The number of hydrogen-bond donors (Lipinski definition) is 1. The summed E-state index contributed by atoms with van der Waals surface area (Å²) in [4.78, 5) is 28.9. The number of benzene rings is 2. The Morgan fingerprint density at radius 3 is 2.21 bits per heavy atom. The van der Waals surface area contributed by atoms with E-state index in [4.69, 9.17) is 0 Å². The second-order valence-electron chi connectivity index (χ2n) is 7.76. The highest BCUT2D eigenvalue weighted by atomic mass is 16.2. The van der Waals surface area contributed by atoms with Crippen LogP contribution in [0, 0.1) is 0 Å². The second kappa shape index (κ2) is 10.8. The third-order valence-electron chi connectivity index (χ3n) is 5.50. The standard InChI is InChI=1S/C24H31N3O2/c1-20(22-10-6-3-7-11-22)18-23(28)25-13-12-24(29)27-16-14-26(15-17-27)19-21-8-4-2-5-9-21/h2-11,20H,12-19H2,1H3,(H,25,28). The first kappa shape index (κ1) is 21.1. The lowest BCUT2D eigenvalue weighted by atomic mass is 9.97. The molecule has 1 saturated heterocycles. The average Bonchev–Trinajstić information content (AvgIpc) is 2.75. The van der Waals surface area contributed by atoms with Gasteiger partial charge in [0, 0.05) is 52.1 Å². The minimum atomic E-state index is 0.00170. The molecule has 2 amide bonds. The molecule has 1 aliphatic rings. The summed E-state index contributed by atoms with van der Waals surface area (Å²) in [6.45, 7) is 6.68. The summed E-state index contributed by atoms with van der Waals surface area (Å²) < 4.78 is 0. The van der Waals surface area contributed by atoms with Crippen LogP contribution < -0.4 is 5.32 Å². The number of hydrogen-bond acceptors (Lipinski definition) is 3. The summed E-state index contributed by atoms with van der Waals surface area (Å²) in [7, 11) is 0. The molecule has 0 aromatic heterocycles. The molecule has 5 heteroatoms. The Morgan fingerprint density at radius 1 is 0.931 bits per heavy atom. The fourth-order valence-corrected chi connectivity index (χ4v) is 3.71. The quantitative estimate of drug-likeness (QED) is 0.750. The van der Waals surface area contributed by atoms with E-state index >= 15 is 0 Å². The van der Waals surface area contributed by atoms with Gasteiger partial charge in [-0.25, -0.2) is 0 Å².